The van der Waals surface area contributed by atoms with Crippen molar-refractivity contribution in [1.29, 1.82) is 5.26 Å². The fraction of sp³-hybridized carbons (Fsp3) is 0.636. The number of hydrogen-bond acceptors (Lipinski definition) is 2. The average molecular weight is 189 g/mol. The van der Waals surface area contributed by atoms with Crippen LogP contribution in [0.4, 0.5) is 0 Å². The Morgan fingerprint density at radius 2 is 2.36 bits per heavy atom. The molecular weight excluding hydrogens is 174 g/mol. The highest BCUT2D eigenvalue weighted by molar-refractivity contribution is 5.16. The smallest absolute Gasteiger partial charge is 0.0693 e. The molecule has 0 bridgehead atoms. The molecule has 1 fully saturated rings. The van der Waals surface area contributed by atoms with Crippen LogP contribution < -0.4 is 0 Å². The quantitative estimate of drug-likeness (QED) is 0.713. The Morgan fingerprint density at radius 3 is 2.71 bits per heavy atom. The first-order chi connectivity index (χ1) is 6.65. The Kier molecular flexibility index (Phi) is 2.07. The van der Waals surface area contributed by atoms with Crippen LogP contribution in [0.15, 0.2) is 6.07 Å². The minimum atomic E-state index is -0.0831. The van der Waals surface area contributed by atoms with Gasteiger partial charge in [-0.25, -0.2) is 0 Å². The van der Waals surface area contributed by atoms with Crippen molar-refractivity contribution in [1.82, 2.24) is 9.78 Å². The van der Waals surface area contributed by atoms with E-state index in [1.807, 2.05) is 18.7 Å². The van der Waals surface area contributed by atoms with Crippen molar-refractivity contribution >= 4 is 0 Å². The molecule has 1 heterocycles. The van der Waals surface area contributed by atoms with Crippen LogP contribution in [0.3, 0.4) is 0 Å². The topological polar surface area (TPSA) is 41.6 Å². The van der Waals surface area contributed by atoms with Gasteiger partial charge in [-0.3, -0.25) is 4.68 Å². The van der Waals surface area contributed by atoms with Crippen molar-refractivity contribution in [3.05, 3.63) is 17.5 Å². The molecule has 0 spiro atoms. The molecule has 14 heavy (non-hydrogen) atoms. The van der Waals surface area contributed by atoms with Gasteiger partial charge in [-0.2, -0.15) is 10.4 Å². The van der Waals surface area contributed by atoms with E-state index in [9.17, 15) is 0 Å². The molecule has 1 aliphatic carbocycles. The lowest BCUT2D eigenvalue weighted by Gasteiger charge is -2.34. The van der Waals surface area contributed by atoms with Gasteiger partial charge in [-0.15, -0.1) is 0 Å². The summed E-state index contributed by atoms with van der Waals surface area (Å²) in [6.45, 7) is 1.99. The second-order valence-electron chi connectivity index (χ2n) is 4.32. The van der Waals surface area contributed by atoms with Gasteiger partial charge in [0.1, 0.15) is 0 Å². The number of nitrogens with zero attached hydrogens (tertiary/aromatic N) is 3. The minimum absolute atomic E-state index is 0.0831. The van der Waals surface area contributed by atoms with Crippen molar-refractivity contribution in [2.45, 2.75) is 32.6 Å². The van der Waals surface area contributed by atoms with Crippen LogP contribution in [0, 0.1) is 23.7 Å². The van der Waals surface area contributed by atoms with Crippen LogP contribution in [0.1, 0.15) is 30.7 Å². The van der Waals surface area contributed by atoms with Crippen LogP contribution in [0.5, 0.6) is 0 Å². The van der Waals surface area contributed by atoms with Crippen molar-refractivity contribution in [2.75, 3.05) is 0 Å². The van der Waals surface area contributed by atoms with E-state index in [1.54, 1.807) is 0 Å². The number of nitriles is 1. The van der Waals surface area contributed by atoms with Gasteiger partial charge in [-0.05, 0) is 25.8 Å². The van der Waals surface area contributed by atoms with Crippen molar-refractivity contribution < 1.29 is 0 Å². The van der Waals surface area contributed by atoms with Gasteiger partial charge in [-0.1, -0.05) is 6.42 Å². The van der Waals surface area contributed by atoms with E-state index in [-0.39, 0.29) is 5.41 Å². The number of aryl methyl sites for hydroxylation is 2. The molecule has 0 atom stereocenters. The van der Waals surface area contributed by atoms with Gasteiger partial charge in [0.05, 0.1) is 17.2 Å². The van der Waals surface area contributed by atoms with Crippen molar-refractivity contribution in [3.8, 4) is 6.07 Å². The summed E-state index contributed by atoms with van der Waals surface area (Å²) in [4.78, 5) is 0. The number of hydrogen-bond donors (Lipinski definition) is 0. The summed E-state index contributed by atoms with van der Waals surface area (Å²) >= 11 is 0. The lowest BCUT2D eigenvalue weighted by Crippen LogP contribution is -2.30. The highest BCUT2D eigenvalue weighted by Gasteiger charge is 2.37. The predicted molar refractivity (Wildman–Crippen MR) is 53.5 cm³/mol. The maximum absolute atomic E-state index is 9.12. The molecule has 0 amide bonds. The third-order valence-corrected chi connectivity index (χ3v) is 3.17. The molecule has 1 aromatic heterocycles. The van der Waals surface area contributed by atoms with Gasteiger partial charge < -0.3 is 0 Å². The number of aromatic nitrogens is 2. The van der Waals surface area contributed by atoms with Gasteiger partial charge >= 0.3 is 0 Å². The number of rotatable bonds is 2. The molecule has 74 valence electrons. The molecule has 1 aliphatic rings. The van der Waals surface area contributed by atoms with Gasteiger partial charge in [0, 0.05) is 19.2 Å². The van der Waals surface area contributed by atoms with Crippen LogP contribution in [0.2, 0.25) is 0 Å². The van der Waals surface area contributed by atoms with Crippen molar-refractivity contribution in [3.63, 3.8) is 0 Å². The second kappa shape index (κ2) is 3.13. The second-order valence-corrected chi connectivity index (χ2v) is 4.32. The first-order valence-corrected chi connectivity index (χ1v) is 5.06. The molecule has 0 aliphatic heterocycles. The minimum Gasteiger partial charge on any atom is -0.272 e. The van der Waals surface area contributed by atoms with Crippen LogP contribution in [0.25, 0.3) is 0 Å². The summed E-state index contributed by atoms with van der Waals surface area (Å²) in [5.41, 5.74) is 2.14. The Labute approximate surface area is 84.3 Å². The zero-order valence-corrected chi connectivity index (χ0v) is 8.75. The summed E-state index contributed by atoms with van der Waals surface area (Å²) in [6, 6.07) is 4.54. The monoisotopic (exact) mass is 189 g/mol. The molecule has 0 unspecified atom stereocenters. The summed E-state index contributed by atoms with van der Waals surface area (Å²) < 4.78 is 1.90. The first-order valence-electron chi connectivity index (χ1n) is 5.06. The largest absolute Gasteiger partial charge is 0.272 e. The van der Waals surface area contributed by atoms with E-state index < -0.39 is 0 Å². The average Bonchev–Trinajstić information content (AvgIpc) is 2.38. The predicted octanol–water partition coefficient (Wildman–Crippen LogP) is 1.96. The molecule has 0 aromatic carbocycles. The summed E-state index contributed by atoms with van der Waals surface area (Å²) in [5, 5.41) is 13.4. The maximum atomic E-state index is 9.12. The Balaban J connectivity index is 2.18. The standard InChI is InChI=1S/C11H15N3/c1-9-6-10(14(2)13-9)7-11(8-12)4-3-5-11/h6H,3-5,7H2,1-2H3. The highest BCUT2D eigenvalue weighted by atomic mass is 15.3. The van der Waals surface area contributed by atoms with Crippen molar-refractivity contribution in [2.24, 2.45) is 12.5 Å². The molecular formula is C11H15N3. The summed E-state index contributed by atoms with van der Waals surface area (Å²) in [7, 11) is 1.95. The van der Waals surface area contributed by atoms with Crippen LogP contribution in [-0.2, 0) is 13.5 Å². The Morgan fingerprint density at radius 1 is 1.64 bits per heavy atom. The van der Waals surface area contributed by atoms with Crippen LogP contribution in [-0.4, -0.2) is 9.78 Å². The van der Waals surface area contributed by atoms with E-state index in [0.717, 1.165) is 25.0 Å². The van der Waals surface area contributed by atoms with Gasteiger partial charge in [0.15, 0.2) is 0 Å². The Hall–Kier alpha value is -1.30. The SMILES string of the molecule is Cc1cc(CC2(C#N)CCC2)n(C)n1. The van der Waals surface area contributed by atoms with E-state index in [0.29, 0.717) is 0 Å². The molecule has 1 saturated carbocycles. The lowest BCUT2D eigenvalue weighted by atomic mass is 9.67. The fourth-order valence-corrected chi connectivity index (χ4v) is 2.11. The van der Waals surface area contributed by atoms with E-state index in [1.165, 1.54) is 12.1 Å². The molecule has 1 aromatic rings. The Bertz CT molecular complexity index is 380. The normalized spacial score (nSPS) is 18.6. The highest BCUT2D eigenvalue weighted by Crippen LogP contribution is 2.42. The summed E-state index contributed by atoms with van der Waals surface area (Å²) in [5.74, 6) is 0. The molecule has 3 heteroatoms. The zero-order chi connectivity index (χ0) is 10.2. The van der Waals surface area contributed by atoms with Gasteiger partial charge in [0.2, 0.25) is 0 Å². The van der Waals surface area contributed by atoms with E-state index in [2.05, 4.69) is 17.2 Å². The molecule has 0 saturated heterocycles. The van der Waals surface area contributed by atoms with E-state index in [4.69, 9.17) is 5.26 Å². The third-order valence-electron chi connectivity index (χ3n) is 3.17. The fourth-order valence-electron chi connectivity index (χ4n) is 2.11. The van der Waals surface area contributed by atoms with E-state index >= 15 is 0 Å². The molecule has 0 N–H and O–H groups in total. The summed E-state index contributed by atoms with van der Waals surface area (Å²) in [6.07, 6.45) is 4.16. The molecule has 0 radical (unpaired) electrons. The van der Waals surface area contributed by atoms with Crippen LogP contribution >= 0.6 is 0 Å². The lowest BCUT2D eigenvalue weighted by molar-refractivity contribution is 0.210. The third kappa shape index (κ3) is 1.41. The zero-order valence-electron chi connectivity index (χ0n) is 8.75. The molecule has 3 nitrogen and oxygen atoms in total. The first kappa shape index (κ1) is 9.26. The molecule has 2 rings (SSSR count). The maximum Gasteiger partial charge on any atom is 0.0693 e. The van der Waals surface area contributed by atoms with Gasteiger partial charge in [0.25, 0.3) is 0 Å².